The number of aliphatic hydroxyl groups excluding tert-OH is 1. The number of anilines is 1. The molecule has 1 saturated heterocycles. The highest BCUT2D eigenvalue weighted by Crippen LogP contribution is 2.40. The number of rotatable bonds is 9. The number of ether oxygens (including phenoxy) is 3. The van der Waals surface area contributed by atoms with E-state index < -0.39 is 24.3 Å². The lowest BCUT2D eigenvalue weighted by atomic mass is 10.0. The molecule has 4 atom stereocenters. The summed E-state index contributed by atoms with van der Waals surface area (Å²) >= 11 is 3.35. The minimum absolute atomic E-state index is 0.0124. The first-order valence-electron chi connectivity index (χ1n) is 12.9. The summed E-state index contributed by atoms with van der Waals surface area (Å²) in [5.41, 5.74) is 4.25. The Morgan fingerprint density at radius 2 is 1.80 bits per heavy atom. The van der Waals surface area contributed by atoms with E-state index >= 15 is 0 Å². The Kier molecular flexibility index (Phi) is 9.13. The number of nitrogens with zero attached hydrogens (tertiary/aromatic N) is 1. The van der Waals surface area contributed by atoms with Gasteiger partial charge in [-0.2, -0.15) is 0 Å². The van der Waals surface area contributed by atoms with E-state index in [1.54, 1.807) is 35.2 Å². The topological polar surface area (TPSA) is 107 Å². The van der Waals surface area contributed by atoms with Crippen LogP contribution in [-0.4, -0.2) is 39.9 Å². The summed E-state index contributed by atoms with van der Waals surface area (Å²) in [7, 11) is 0. The summed E-state index contributed by atoms with van der Waals surface area (Å²) in [5.74, 6) is -0.208. The third kappa shape index (κ3) is 7.07. The van der Waals surface area contributed by atoms with Crippen molar-refractivity contribution in [2.45, 2.75) is 55.8 Å². The van der Waals surface area contributed by atoms with Gasteiger partial charge in [-0.3, -0.25) is 9.59 Å². The van der Waals surface area contributed by atoms with E-state index in [2.05, 4.69) is 11.4 Å². The van der Waals surface area contributed by atoms with E-state index in [0.717, 1.165) is 31.2 Å². The fraction of sp³-hybridized carbons (Fsp3) is 0.300. The van der Waals surface area contributed by atoms with Gasteiger partial charge in [-0.25, -0.2) is 4.98 Å². The van der Waals surface area contributed by atoms with Crippen molar-refractivity contribution in [2.24, 2.45) is 0 Å². The number of nitrogens with one attached hydrogen (secondary N) is 1. The lowest BCUT2D eigenvalue weighted by Crippen LogP contribution is -2.31. The SMILES string of the molecule is CC(=O)O[C@@H](C)C(=O)Nc1ccc([C@H]2O[C@@H](CSc3nc4ccccc4s3)C[C@@H](c3ccc(CO)cc3)O2)cc1. The maximum absolute atomic E-state index is 12.3. The molecule has 1 aromatic heterocycles. The van der Waals surface area contributed by atoms with Crippen LogP contribution in [-0.2, 0) is 30.4 Å². The van der Waals surface area contributed by atoms with Crippen LogP contribution in [0.15, 0.2) is 77.1 Å². The molecule has 4 aromatic rings. The molecule has 5 rings (SSSR count). The Morgan fingerprint density at radius 3 is 2.50 bits per heavy atom. The number of aromatic nitrogens is 1. The van der Waals surface area contributed by atoms with E-state index in [0.29, 0.717) is 17.9 Å². The van der Waals surface area contributed by atoms with Crippen molar-refractivity contribution < 1.29 is 28.9 Å². The molecule has 0 bridgehead atoms. The van der Waals surface area contributed by atoms with E-state index in [1.807, 2.05) is 54.6 Å². The Hall–Kier alpha value is -3.28. The van der Waals surface area contributed by atoms with E-state index in [4.69, 9.17) is 19.2 Å². The van der Waals surface area contributed by atoms with Crippen LogP contribution >= 0.6 is 23.1 Å². The quantitative estimate of drug-likeness (QED) is 0.184. The van der Waals surface area contributed by atoms with Gasteiger partial charge in [0.05, 0.1) is 29.0 Å². The molecule has 8 nitrogen and oxygen atoms in total. The van der Waals surface area contributed by atoms with E-state index in [-0.39, 0.29) is 18.8 Å². The maximum atomic E-state index is 12.3. The van der Waals surface area contributed by atoms with Crippen LogP contribution in [0.4, 0.5) is 5.69 Å². The average Bonchev–Trinajstić information content (AvgIpc) is 3.39. The van der Waals surface area contributed by atoms with Crippen LogP contribution in [0.5, 0.6) is 0 Å². The number of hydrogen-bond donors (Lipinski definition) is 2. The van der Waals surface area contributed by atoms with Crippen LogP contribution in [0.2, 0.25) is 0 Å². The second-order valence-electron chi connectivity index (χ2n) is 9.47. The van der Waals surface area contributed by atoms with Gasteiger partial charge >= 0.3 is 5.97 Å². The largest absolute Gasteiger partial charge is 0.453 e. The molecule has 0 unspecified atom stereocenters. The zero-order chi connectivity index (χ0) is 28.1. The summed E-state index contributed by atoms with van der Waals surface area (Å²) < 4.78 is 19.9. The Balaban J connectivity index is 1.30. The molecule has 1 aliphatic rings. The van der Waals surface area contributed by atoms with E-state index in [9.17, 15) is 14.7 Å². The van der Waals surface area contributed by atoms with Crippen molar-refractivity contribution in [3.63, 3.8) is 0 Å². The van der Waals surface area contributed by atoms with Crippen molar-refractivity contribution >= 4 is 50.9 Å². The summed E-state index contributed by atoms with van der Waals surface area (Å²) in [6.07, 6.45) is -1.12. The van der Waals surface area contributed by atoms with Gasteiger partial charge in [0.1, 0.15) is 0 Å². The van der Waals surface area contributed by atoms with Crippen molar-refractivity contribution in [3.8, 4) is 0 Å². The normalized spacial score (nSPS) is 19.7. The molecule has 2 heterocycles. The summed E-state index contributed by atoms with van der Waals surface area (Å²) in [6.45, 7) is 2.78. The molecule has 208 valence electrons. The lowest BCUT2D eigenvalue weighted by molar-refractivity contribution is -0.245. The van der Waals surface area contributed by atoms with Crippen molar-refractivity contribution in [3.05, 3.63) is 89.5 Å². The average molecular weight is 579 g/mol. The molecule has 40 heavy (non-hydrogen) atoms. The summed E-state index contributed by atoms with van der Waals surface area (Å²) in [6, 6.07) is 23.1. The second-order valence-corrected chi connectivity index (χ2v) is 11.8. The molecule has 0 aliphatic carbocycles. The smallest absolute Gasteiger partial charge is 0.303 e. The lowest BCUT2D eigenvalue weighted by Gasteiger charge is -2.36. The molecule has 3 aromatic carbocycles. The molecule has 10 heteroatoms. The number of hydrogen-bond acceptors (Lipinski definition) is 9. The Labute approximate surface area is 240 Å². The summed E-state index contributed by atoms with van der Waals surface area (Å²) in [4.78, 5) is 28.2. The molecule has 1 fully saturated rings. The van der Waals surface area contributed by atoms with Gasteiger partial charge in [0.2, 0.25) is 0 Å². The van der Waals surface area contributed by atoms with Crippen molar-refractivity contribution in [1.82, 2.24) is 4.98 Å². The van der Waals surface area contributed by atoms with Gasteiger partial charge in [0.25, 0.3) is 5.91 Å². The number of fused-ring (bicyclic) bond motifs is 1. The molecular formula is C30H30N2O6S2. The number of carbonyl (C=O) groups excluding carboxylic acids is 2. The number of benzene rings is 3. The first-order valence-corrected chi connectivity index (χ1v) is 14.7. The minimum Gasteiger partial charge on any atom is -0.453 e. The first-order chi connectivity index (χ1) is 19.4. The third-order valence-electron chi connectivity index (χ3n) is 6.44. The number of thioether (sulfide) groups is 1. The monoisotopic (exact) mass is 578 g/mol. The van der Waals surface area contributed by atoms with Crippen LogP contribution < -0.4 is 5.32 Å². The minimum atomic E-state index is -0.895. The predicted octanol–water partition coefficient (Wildman–Crippen LogP) is 6.02. The van der Waals surface area contributed by atoms with Gasteiger partial charge in [0.15, 0.2) is 16.7 Å². The molecule has 1 aliphatic heterocycles. The first kappa shape index (κ1) is 28.3. The van der Waals surface area contributed by atoms with Gasteiger partial charge in [-0.1, -0.05) is 60.3 Å². The van der Waals surface area contributed by atoms with Crippen LogP contribution in [0.25, 0.3) is 10.2 Å². The maximum Gasteiger partial charge on any atom is 0.303 e. The fourth-order valence-electron chi connectivity index (χ4n) is 4.37. The molecule has 2 N–H and O–H groups in total. The third-order valence-corrected chi connectivity index (χ3v) is 8.76. The van der Waals surface area contributed by atoms with Gasteiger partial charge < -0.3 is 24.6 Å². The van der Waals surface area contributed by atoms with E-state index in [1.165, 1.54) is 13.8 Å². The van der Waals surface area contributed by atoms with Gasteiger partial charge in [-0.15, -0.1) is 11.3 Å². The standard InChI is InChI=1S/C30H30N2O6S2/c1-18(36-19(2)34)28(35)31-23-13-11-22(12-14-23)29-37-24(15-26(38-29)21-9-7-20(16-33)8-10-21)17-39-30-32-25-5-3-4-6-27(25)40-30/h3-14,18,24,26,29,33H,15-17H2,1-2H3,(H,31,35)/t18-,24+,26-,29-/m0/s1. The number of aliphatic hydroxyl groups is 1. The molecule has 0 saturated carbocycles. The Bertz CT molecular complexity index is 1420. The predicted molar refractivity (Wildman–Crippen MR) is 155 cm³/mol. The zero-order valence-electron chi connectivity index (χ0n) is 22.1. The number of carbonyl (C=O) groups is 2. The van der Waals surface area contributed by atoms with Crippen LogP contribution in [0, 0.1) is 0 Å². The van der Waals surface area contributed by atoms with Gasteiger partial charge in [0, 0.05) is 30.3 Å². The molecule has 1 amide bonds. The number of amides is 1. The number of esters is 1. The number of para-hydroxylation sites is 1. The fourth-order valence-corrected chi connectivity index (χ4v) is 6.48. The number of thiazole rings is 1. The van der Waals surface area contributed by atoms with Crippen molar-refractivity contribution in [1.29, 1.82) is 0 Å². The zero-order valence-corrected chi connectivity index (χ0v) is 23.7. The second kappa shape index (κ2) is 12.9. The molecule has 0 spiro atoms. The highest BCUT2D eigenvalue weighted by Gasteiger charge is 2.32. The van der Waals surface area contributed by atoms with Gasteiger partial charge in [-0.05, 0) is 42.3 Å². The highest BCUT2D eigenvalue weighted by atomic mass is 32.2. The Morgan fingerprint density at radius 1 is 1.07 bits per heavy atom. The highest BCUT2D eigenvalue weighted by molar-refractivity contribution is 8.01. The molecule has 0 radical (unpaired) electrons. The van der Waals surface area contributed by atoms with Crippen molar-refractivity contribution in [2.75, 3.05) is 11.1 Å². The molecular weight excluding hydrogens is 548 g/mol. The summed E-state index contributed by atoms with van der Waals surface area (Å²) in [5, 5.41) is 12.2. The van der Waals surface area contributed by atoms with Crippen LogP contribution in [0.3, 0.4) is 0 Å². The van der Waals surface area contributed by atoms with Crippen LogP contribution in [0.1, 0.15) is 49.4 Å².